The van der Waals surface area contributed by atoms with Gasteiger partial charge < -0.3 is 10.4 Å². The molecule has 0 aliphatic rings. The summed E-state index contributed by atoms with van der Waals surface area (Å²) in [6.07, 6.45) is 0. The molecule has 2 aromatic carbocycles. The molecule has 0 spiro atoms. The van der Waals surface area contributed by atoms with Gasteiger partial charge >= 0.3 is 5.97 Å². The molecule has 0 aromatic heterocycles. The molecular formula is C14H11FN2O4. The Labute approximate surface area is 119 Å². The number of nitro benzene ring substituents is 1. The van der Waals surface area contributed by atoms with Gasteiger partial charge in [-0.05, 0) is 36.8 Å². The van der Waals surface area contributed by atoms with E-state index in [1.807, 2.05) is 0 Å². The second-order valence-electron chi connectivity index (χ2n) is 4.43. The lowest BCUT2D eigenvalue weighted by Gasteiger charge is -2.10. The minimum atomic E-state index is -1.24. The van der Waals surface area contributed by atoms with Crippen LogP contribution in [-0.2, 0) is 0 Å². The molecule has 2 rings (SSSR count). The van der Waals surface area contributed by atoms with Crippen molar-refractivity contribution in [2.24, 2.45) is 0 Å². The van der Waals surface area contributed by atoms with E-state index in [-0.39, 0.29) is 16.9 Å². The summed E-state index contributed by atoms with van der Waals surface area (Å²) in [6.45, 7) is 1.68. The van der Waals surface area contributed by atoms with E-state index >= 15 is 0 Å². The fourth-order valence-electron chi connectivity index (χ4n) is 1.90. The van der Waals surface area contributed by atoms with Crippen molar-refractivity contribution in [3.8, 4) is 0 Å². The van der Waals surface area contributed by atoms with Gasteiger partial charge in [-0.25, -0.2) is 9.18 Å². The van der Waals surface area contributed by atoms with Gasteiger partial charge in [-0.2, -0.15) is 0 Å². The largest absolute Gasteiger partial charge is 0.478 e. The highest BCUT2D eigenvalue weighted by molar-refractivity contribution is 5.95. The molecule has 0 unspecified atom stereocenters. The molecule has 0 amide bonds. The number of nitrogens with zero attached hydrogens (tertiary/aromatic N) is 1. The number of aryl methyl sites for hydroxylation is 1. The predicted molar refractivity (Wildman–Crippen MR) is 74.5 cm³/mol. The molecule has 2 aromatic rings. The van der Waals surface area contributed by atoms with Crippen LogP contribution >= 0.6 is 0 Å². The Bertz CT molecular complexity index is 711. The van der Waals surface area contributed by atoms with Gasteiger partial charge in [0, 0.05) is 17.8 Å². The number of non-ortho nitro benzene ring substituents is 1. The summed E-state index contributed by atoms with van der Waals surface area (Å²) in [5.74, 6) is -1.72. The third kappa shape index (κ3) is 3.33. The van der Waals surface area contributed by atoms with E-state index in [1.54, 1.807) is 13.0 Å². The number of halogens is 1. The average Bonchev–Trinajstić information content (AvgIpc) is 2.36. The average molecular weight is 290 g/mol. The van der Waals surface area contributed by atoms with E-state index in [2.05, 4.69) is 5.32 Å². The summed E-state index contributed by atoms with van der Waals surface area (Å²) in [5, 5.41) is 22.6. The maximum absolute atomic E-state index is 13.3. The molecule has 0 aliphatic carbocycles. The van der Waals surface area contributed by atoms with E-state index in [1.165, 1.54) is 12.1 Å². The van der Waals surface area contributed by atoms with Gasteiger partial charge in [0.25, 0.3) is 5.69 Å². The van der Waals surface area contributed by atoms with Crippen LogP contribution in [0.5, 0.6) is 0 Å². The molecule has 0 radical (unpaired) electrons. The Hall–Kier alpha value is -2.96. The van der Waals surface area contributed by atoms with Gasteiger partial charge in [0.15, 0.2) is 0 Å². The van der Waals surface area contributed by atoms with E-state index in [4.69, 9.17) is 5.11 Å². The number of rotatable bonds is 4. The van der Waals surface area contributed by atoms with Crippen LogP contribution < -0.4 is 5.32 Å². The van der Waals surface area contributed by atoms with Gasteiger partial charge in [-0.1, -0.05) is 0 Å². The summed E-state index contributed by atoms with van der Waals surface area (Å²) in [4.78, 5) is 21.3. The Kier molecular flexibility index (Phi) is 3.84. The molecule has 21 heavy (non-hydrogen) atoms. The van der Waals surface area contributed by atoms with Crippen LogP contribution in [0.2, 0.25) is 0 Å². The molecular weight excluding hydrogens is 279 g/mol. The van der Waals surface area contributed by atoms with Gasteiger partial charge in [-0.3, -0.25) is 10.1 Å². The van der Waals surface area contributed by atoms with Crippen molar-refractivity contribution in [2.75, 3.05) is 5.32 Å². The first kappa shape index (κ1) is 14.4. The van der Waals surface area contributed by atoms with Crippen molar-refractivity contribution < 1.29 is 19.2 Å². The molecule has 0 heterocycles. The minimum Gasteiger partial charge on any atom is -0.478 e. The fourth-order valence-corrected chi connectivity index (χ4v) is 1.90. The first-order valence-corrected chi connectivity index (χ1v) is 5.93. The van der Waals surface area contributed by atoms with Crippen LogP contribution in [0.25, 0.3) is 0 Å². The lowest BCUT2D eigenvalue weighted by atomic mass is 10.1. The predicted octanol–water partition coefficient (Wildman–Crippen LogP) is 3.48. The van der Waals surface area contributed by atoms with Crippen molar-refractivity contribution >= 4 is 23.0 Å². The number of aromatic carboxylic acids is 1. The van der Waals surface area contributed by atoms with Crippen LogP contribution in [0.15, 0.2) is 36.4 Å². The van der Waals surface area contributed by atoms with Gasteiger partial charge in [0.1, 0.15) is 5.82 Å². The normalized spacial score (nSPS) is 10.2. The highest BCUT2D eigenvalue weighted by atomic mass is 19.1. The van der Waals surface area contributed by atoms with E-state index in [0.29, 0.717) is 11.3 Å². The summed E-state index contributed by atoms with van der Waals surface area (Å²) < 4.78 is 13.3. The highest BCUT2D eigenvalue weighted by Crippen LogP contribution is 2.27. The summed E-state index contributed by atoms with van der Waals surface area (Å²) >= 11 is 0. The first-order valence-electron chi connectivity index (χ1n) is 5.93. The Morgan fingerprint density at radius 1 is 1.29 bits per heavy atom. The standard InChI is InChI=1S/C14H11FN2O4/c1-8-4-9(15)6-10(5-8)16-13-7-11(17(20)21)2-3-12(13)14(18)19/h2-7,16H,1H3,(H,18,19). The number of carbonyl (C=O) groups is 1. The zero-order chi connectivity index (χ0) is 15.6. The number of nitrogens with one attached hydrogen (secondary N) is 1. The van der Waals surface area contributed by atoms with Crippen molar-refractivity contribution in [3.05, 3.63) is 63.5 Å². The highest BCUT2D eigenvalue weighted by Gasteiger charge is 2.15. The fraction of sp³-hybridized carbons (Fsp3) is 0.0714. The maximum atomic E-state index is 13.3. The number of hydrogen-bond acceptors (Lipinski definition) is 4. The molecule has 2 N–H and O–H groups in total. The molecule has 0 fully saturated rings. The minimum absolute atomic E-state index is 0.0294. The first-order chi connectivity index (χ1) is 9.86. The maximum Gasteiger partial charge on any atom is 0.337 e. The van der Waals surface area contributed by atoms with Gasteiger partial charge in [0.05, 0.1) is 16.2 Å². The molecule has 108 valence electrons. The Morgan fingerprint density at radius 3 is 2.57 bits per heavy atom. The Morgan fingerprint density at radius 2 is 2.00 bits per heavy atom. The number of carboxylic acid groups (broad SMARTS) is 1. The molecule has 0 aliphatic heterocycles. The quantitative estimate of drug-likeness (QED) is 0.664. The Balaban J connectivity index is 2.47. The number of benzene rings is 2. The third-order valence-electron chi connectivity index (χ3n) is 2.77. The zero-order valence-corrected chi connectivity index (χ0v) is 11.0. The number of hydrogen-bond donors (Lipinski definition) is 2. The summed E-state index contributed by atoms with van der Waals surface area (Å²) in [6, 6.07) is 7.44. The van der Waals surface area contributed by atoms with Crippen molar-refractivity contribution in [1.82, 2.24) is 0 Å². The molecule has 7 heteroatoms. The molecule has 0 bridgehead atoms. The topological polar surface area (TPSA) is 92.5 Å². The van der Waals surface area contributed by atoms with Crippen LogP contribution in [-0.4, -0.2) is 16.0 Å². The zero-order valence-electron chi connectivity index (χ0n) is 11.0. The monoisotopic (exact) mass is 290 g/mol. The van der Waals surface area contributed by atoms with E-state index < -0.39 is 16.7 Å². The molecule has 0 atom stereocenters. The van der Waals surface area contributed by atoms with Crippen LogP contribution in [0.4, 0.5) is 21.5 Å². The number of nitro groups is 1. The van der Waals surface area contributed by atoms with Crippen LogP contribution in [0.1, 0.15) is 15.9 Å². The third-order valence-corrected chi connectivity index (χ3v) is 2.77. The number of carboxylic acids is 1. The van der Waals surface area contributed by atoms with Gasteiger partial charge in [0.2, 0.25) is 0 Å². The second-order valence-corrected chi connectivity index (χ2v) is 4.43. The smallest absolute Gasteiger partial charge is 0.337 e. The molecule has 0 saturated heterocycles. The van der Waals surface area contributed by atoms with Gasteiger partial charge in [-0.15, -0.1) is 0 Å². The molecule has 0 saturated carbocycles. The number of anilines is 2. The second kappa shape index (κ2) is 5.58. The van der Waals surface area contributed by atoms with Crippen molar-refractivity contribution in [3.63, 3.8) is 0 Å². The lowest BCUT2D eigenvalue weighted by molar-refractivity contribution is -0.384. The SMILES string of the molecule is Cc1cc(F)cc(Nc2cc([N+](=O)[O-])ccc2C(=O)O)c1. The van der Waals surface area contributed by atoms with E-state index in [0.717, 1.165) is 18.2 Å². The molecule has 6 nitrogen and oxygen atoms in total. The van der Waals surface area contributed by atoms with Crippen molar-refractivity contribution in [2.45, 2.75) is 6.92 Å². The van der Waals surface area contributed by atoms with Crippen molar-refractivity contribution in [1.29, 1.82) is 0 Å². The van der Waals surface area contributed by atoms with E-state index in [9.17, 15) is 19.3 Å². The summed E-state index contributed by atoms with van der Waals surface area (Å²) in [7, 11) is 0. The summed E-state index contributed by atoms with van der Waals surface area (Å²) in [5.41, 5.74) is 0.593. The lowest BCUT2D eigenvalue weighted by Crippen LogP contribution is -2.04. The van der Waals surface area contributed by atoms with Crippen LogP contribution in [0, 0.1) is 22.9 Å². The van der Waals surface area contributed by atoms with Crippen LogP contribution in [0.3, 0.4) is 0 Å².